The Bertz CT molecular complexity index is 723. The molecule has 2 aliphatic rings. The Morgan fingerprint density at radius 3 is 2.20 bits per heavy atom. The third kappa shape index (κ3) is 6.83. The van der Waals surface area contributed by atoms with E-state index in [1.807, 2.05) is 0 Å². The van der Waals surface area contributed by atoms with Gasteiger partial charge in [-0.15, -0.1) is 0 Å². The smallest absolute Gasteiger partial charge is 0.195 e. The number of nitrogens with zero attached hydrogens (tertiary/aromatic N) is 1. The van der Waals surface area contributed by atoms with Crippen LogP contribution in [-0.4, -0.2) is 0 Å². The van der Waals surface area contributed by atoms with Crippen molar-refractivity contribution in [1.82, 2.24) is 0 Å². The highest BCUT2D eigenvalue weighted by molar-refractivity contribution is 5.26. The average Bonchev–Trinajstić information content (AvgIpc) is 2.80. The van der Waals surface area contributed by atoms with E-state index in [1.165, 1.54) is 94.8 Å². The second-order valence-electron chi connectivity index (χ2n) is 9.50. The lowest BCUT2D eigenvalue weighted by atomic mass is 9.68. The predicted molar refractivity (Wildman–Crippen MR) is 124 cm³/mol. The van der Waals surface area contributed by atoms with Gasteiger partial charge in [0.05, 0.1) is 0 Å². The van der Waals surface area contributed by atoms with Crippen LogP contribution in [0.2, 0.25) is 0 Å². The van der Waals surface area contributed by atoms with Gasteiger partial charge >= 0.3 is 0 Å². The second-order valence-corrected chi connectivity index (χ2v) is 9.50. The van der Waals surface area contributed by atoms with Gasteiger partial charge in [0, 0.05) is 0 Å². The Hall–Kier alpha value is -1.88. The molecule has 1 aromatic rings. The fraction of sp³-hybridized carbons (Fsp3) is 0.607. The fourth-order valence-corrected chi connectivity index (χ4v) is 5.60. The summed E-state index contributed by atoms with van der Waals surface area (Å²) in [6, 6.07) is 11.0. The molecule has 0 unspecified atom stereocenters. The summed E-state index contributed by atoms with van der Waals surface area (Å²) < 4.78 is 12.9. The summed E-state index contributed by atoms with van der Waals surface area (Å²) in [5.74, 6) is 2.38. The molecule has 2 aliphatic carbocycles. The molecule has 0 N–H and O–H groups in total. The van der Waals surface area contributed by atoms with Crippen molar-refractivity contribution in [2.75, 3.05) is 0 Å². The largest absolute Gasteiger partial charge is 0.199 e. The Morgan fingerprint density at radius 1 is 0.967 bits per heavy atom. The fourth-order valence-electron chi connectivity index (χ4n) is 5.60. The van der Waals surface area contributed by atoms with Crippen LogP contribution in [0, 0.1) is 29.1 Å². The van der Waals surface area contributed by atoms with Crippen molar-refractivity contribution in [3.8, 4) is 6.07 Å². The van der Waals surface area contributed by atoms with Crippen LogP contribution in [0.25, 0.3) is 0 Å². The van der Waals surface area contributed by atoms with E-state index < -0.39 is 5.83 Å². The Balaban J connectivity index is 1.40. The van der Waals surface area contributed by atoms with E-state index in [-0.39, 0.29) is 0 Å². The van der Waals surface area contributed by atoms with Crippen LogP contribution in [0.5, 0.6) is 0 Å². The first-order chi connectivity index (χ1) is 14.7. The highest BCUT2D eigenvalue weighted by atomic mass is 19.1. The number of nitriles is 1. The molecule has 2 heteroatoms. The maximum atomic E-state index is 12.9. The molecule has 0 radical (unpaired) electrons. The molecule has 0 heterocycles. The zero-order chi connectivity index (χ0) is 21.2. The van der Waals surface area contributed by atoms with Gasteiger partial charge in [0.15, 0.2) is 5.83 Å². The van der Waals surface area contributed by atoms with E-state index in [4.69, 9.17) is 5.26 Å². The Kier molecular flexibility index (Phi) is 9.19. The normalized spacial score (nSPS) is 27.8. The maximum absolute atomic E-state index is 12.9. The van der Waals surface area contributed by atoms with Crippen LogP contribution < -0.4 is 0 Å². The van der Waals surface area contributed by atoms with Crippen LogP contribution in [0.1, 0.15) is 94.6 Å². The van der Waals surface area contributed by atoms with E-state index in [2.05, 4.69) is 37.3 Å². The van der Waals surface area contributed by atoms with Gasteiger partial charge in [-0.1, -0.05) is 56.2 Å². The van der Waals surface area contributed by atoms with Crippen molar-refractivity contribution < 1.29 is 4.39 Å². The van der Waals surface area contributed by atoms with Gasteiger partial charge in [-0.3, -0.25) is 0 Å². The van der Waals surface area contributed by atoms with E-state index in [1.54, 1.807) is 11.6 Å². The van der Waals surface area contributed by atoms with Crippen molar-refractivity contribution in [2.45, 2.75) is 89.9 Å². The number of hydrogen-bond acceptors (Lipinski definition) is 1. The number of benzene rings is 1. The van der Waals surface area contributed by atoms with Crippen LogP contribution >= 0.6 is 0 Å². The summed E-state index contributed by atoms with van der Waals surface area (Å²) >= 11 is 0. The minimum absolute atomic E-state index is 0.552. The highest BCUT2D eigenvalue weighted by Gasteiger charge is 2.30. The molecular formula is C28H38FN. The minimum atomic E-state index is -0.706. The quantitative estimate of drug-likeness (QED) is 0.241. The summed E-state index contributed by atoms with van der Waals surface area (Å²) in [5, 5.41) is 8.47. The molecule has 0 amide bonds. The summed E-state index contributed by atoms with van der Waals surface area (Å²) in [6.07, 6.45) is 20.7. The predicted octanol–water partition coefficient (Wildman–Crippen LogP) is 8.43. The van der Waals surface area contributed by atoms with Gasteiger partial charge in [-0.2, -0.15) is 9.65 Å². The third-order valence-electron chi connectivity index (χ3n) is 7.51. The monoisotopic (exact) mass is 407 g/mol. The van der Waals surface area contributed by atoms with Gasteiger partial charge in [-0.25, -0.2) is 0 Å². The van der Waals surface area contributed by atoms with Gasteiger partial charge in [0.1, 0.15) is 6.07 Å². The van der Waals surface area contributed by atoms with Gasteiger partial charge < -0.3 is 0 Å². The minimum Gasteiger partial charge on any atom is -0.195 e. The molecule has 0 aliphatic heterocycles. The molecule has 0 saturated heterocycles. The third-order valence-corrected chi connectivity index (χ3v) is 7.51. The zero-order valence-electron chi connectivity index (χ0n) is 18.7. The molecule has 2 fully saturated rings. The standard InChI is InChI=1S/C28H38FN/c1-2-3-4-6-22-9-13-24(14-10-22)26-17-19-27(20-18-26)25-15-11-23(12-16-25)7-5-8-28(29)21-30/h5,7-10,13-14,23,25-27H,2-4,6,11-12,15-20H2,1H3/b7-5+,28-8-. The highest BCUT2D eigenvalue weighted by Crippen LogP contribution is 2.44. The van der Waals surface area contributed by atoms with Gasteiger partial charge in [-0.05, 0) is 105 Å². The molecule has 3 rings (SSSR count). The number of aryl methyl sites for hydroxylation is 1. The molecule has 0 spiro atoms. The first-order valence-electron chi connectivity index (χ1n) is 12.2. The number of rotatable bonds is 8. The maximum Gasteiger partial charge on any atom is 0.199 e. The average molecular weight is 408 g/mol. The van der Waals surface area contributed by atoms with Gasteiger partial charge in [0.25, 0.3) is 0 Å². The molecule has 0 bridgehead atoms. The van der Waals surface area contributed by atoms with Crippen molar-refractivity contribution in [2.24, 2.45) is 17.8 Å². The van der Waals surface area contributed by atoms with Crippen LogP contribution in [-0.2, 0) is 6.42 Å². The zero-order valence-corrected chi connectivity index (χ0v) is 18.7. The van der Waals surface area contributed by atoms with Crippen molar-refractivity contribution in [1.29, 1.82) is 5.26 Å². The molecule has 30 heavy (non-hydrogen) atoms. The number of halogens is 1. The topological polar surface area (TPSA) is 23.8 Å². The molecule has 1 aromatic carbocycles. The first kappa shape index (κ1) is 22.8. The van der Waals surface area contributed by atoms with Crippen molar-refractivity contribution >= 4 is 0 Å². The summed E-state index contributed by atoms with van der Waals surface area (Å²) in [6.45, 7) is 2.26. The second kappa shape index (κ2) is 12.1. The summed E-state index contributed by atoms with van der Waals surface area (Å²) in [4.78, 5) is 0. The number of hydrogen-bond donors (Lipinski definition) is 0. The number of allylic oxidation sites excluding steroid dienone is 4. The van der Waals surface area contributed by atoms with Crippen molar-refractivity contribution in [3.05, 3.63) is 59.4 Å². The molecule has 162 valence electrons. The van der Waals surface area contributed by atoms with E-state index in [0.29, 0.717) is 5.92 Å². The van der Waals surface area contributed by atoms with Crippen LogP contribution in [0.4, 0.5) is 4.39 Å². The number of unbranched alkanes of at least 4 members (excludes halogenated alkanes) is 2. The van der Waals surface area contributed by atoms with Gasteiger partial charge in [0.2, 0.25) is 0 Å². The van der Waals surface area contributed by atoms with E-state index >= 15 is 0 Å². The SMILES string of the molecule is CCCCCc1ccc(C2CCC(C3CCC(/C=C/C=C(\F)C#N)CC3)CC2)cc1. The van der Waals surface area contributed by atoms with E-state index in [9.17, 15) is 4.39 Å². The molecule has 2 saturated carbocycles. The van der Waals surface area contributed by atoms with Crippen molar-refractivity contribution in [3.63, 3.8) is 0 Å². The Morgan fingerprint density at radius 2 is 1.60 bits per heavy atom. The molecule has 0 atom stereocenters. The molecular weight excluding hydrogens is 369 g/mol. The van der Waals surface area contributed by atoms with Crippen LogP contribution in [0.15, 0.2) is 48.3 Å². The Labute approximate surface area is 183 Å². The lowest BCUT2D eigenvalue weighted by Crippen LogP contribution is -2.25. The lowest BCUT2D eigenvalue weighted by Gasteiger charge is -2.37. The molecule has 0 aromatic heterocycles. The lowest BCUT2D eigenvalue weighted by molar-refractivity contribution is 0.171. The first-order valence-corrected chi connectivity index (χ1v) is 12.2. The summed E-state index contributed by atoms with van der Waals surface area (Å²) in [7, 11) is 0. The van der Waals surface area contributed by atoms with Crippen LogP contribution in [0.3, 0.4) is 0 Å². The summed E-state index contributed by atoms with van der Waals surface area (Å²) in [5.41, 5.74) is 3.05. The molecule has 1 nitrogen and oxygen atoms in total. The van der Waals surface area contributed by atoms with E-state index in [0.717, 1.165) is 17.8 Å².